The van der Waals surface area contributed by atoms with Crippen LogP contribution in [0.5, 0.6) is 5.75 Å². The van der Waals surface area contributed by atoms with Gasteiger partial charge in [0.1, 0.15) is 11.6 Å². The van der Waals surface area contributed by atoms with Crippen LogP contribution in [0.2, 0.25) is 0 Å². The maximum Gasteiger partial charge on any atom is 0.284 e. The summed E-state index contributed by atoms with van der Waals surface area (Å²) < 4.78 is 18.1. The van der Waals surface area contributed by atoms with Gasteiger partial charge in [0, 0.05) is 0 Å². The van der Waals surface area contributed by atoms with Gasteiger partial charge in [0.05, 0.1) is 0 Å². The molecule has 1 atom stereocenters. The van der Waals surface area contributed by atoms with Gasteiger partial charge in [-0.2, -0.15) is 0 Å². The summed E-state index contributed by atoms with van der Waals surface area (Å²) in [5, 5.41) is 8.44. The van der Waals surface area contributed by atoms with Crippen LogP contribution in [0, 0.1) is 5.82 Å². The van der Waals surface area contributed by atoms with E-state index in [-0.39, 0.29) is 5.82 Å². The van der Waals surface area contributed by atoms with E-state index in [0.717, 1.165) is 5.56 Å². The maximum atomic E-state index is 12.8. The summed E-state index contributed by atoms with van der Waals surface area (Å²) in [6.45, 7) is 0. The fraction of sp³-hybridized carbons (Fsp3) is 0.300. The van der Waals surface area contributed by atoms with E-state index >= 15 is 0 Å². The predicted octanol–water partition coefficient (Wildman–Crippen LogP) is 1.02. The van der Waals surface area contributed by atoms with Crippen molar-refractivity contribution in [1.29, 1.82) is 0 Å². The smallest absolute Gasteiger partial charge is 0.284 e. The number of carbonyl (C=O) groups is 1. The number of fused-ring (bicyclic) bond motifs is 1. The van der Waals surface area contributed by atoms with E-state index in [1.807, 2.05) is 0 Å². The molecule has 2 N–H and O–H groups in total. The number of rotatable bonds is 1. The van der Waals surface area contributed by atoms with Crippen LogP contribution in [0.25, 0.3) is 0 Å². The average Bonchev–Trinajstić information content (AvgIpc) is 2.27. The lowest BCUT2D eigenvalue weighted by Gasteiger charge is -2.24. The molecule has 0 fully saturated rings. The van der Waals surface area contributed by atoms with Crippen molar-refractivity contribution in [3.63, 3.8) is 0 Å². The van der Waals surface area contributed by atoms with Crippen LogP contribution in [-0.4, -0.2) is 17.2 Å². The Balaban J connectivity index is 2.20. The molecule has 1 aromatic carbocycles. The first-order valence-corrected chi connectivity index (χ1v) is 4.60. The molecule has 5 heteroatoms. The van der Waals surface area contributed by atoms with E-state index in [1.54, 1.807) is 0 Å². The highest BCUT2D eigenvalue weighted by Gasteiger charge is 2.25. The molecular weight excluding hydrogens is 201 g/mol. The second kappa shape index (κ2) is 3.86. The Labute approximate surface area is 85.6 Å². The lowest BCUT2D eigenvalue weighted by atomic mass is 10.0. The van der Waals surface area contributed by atoms with Crippen molar-refractivity contribution in [2.75, 3.05) is 0 Å². The first-order valence-electron chi connectivity index (χ1n) is 4.60. The Morgan fingerprint density at radius 3 is 3.13 bits per heavy atom. The molecule has 4 nitrogen and oxygen atoms in total. The second-order valence-electron chi connectivity index (χ2n) is 3.37. The van der Waals surface area contributed by atoms with Crippen molar-refractivity contribution in [1.82, 2.24) is 5.48 Å². The van der Waals surface area contributed by atoms with Crippen molar-refractivity contribution < 1.29 is 19.1 Å². The number of nitrogens with one attached hydrogen (secondary N) is 1. The van der Waals surface area contributed by atoms with Gasteiger partial charge in [-0.05, 0) is 36.6 Å². The molecule has 0 aromatic heterocycles. The van der Waals surface area contributed by atoms with Crippen LogP contribution >= 0.6 is 0 Å². The molecule has 0 saturated carbocycles. The van der Waals surface area contributed by atoms with Crippen LogP contribution in [0.15, 0.2) is 18.2 Å². The molecular formula is C10H10FNO3. The summed E-state index contributed by atoms with van der Waals surface area (Å²) in [6, 6.07) is 4.15. The molecule has 0 bridgehead atoms. The van der Waals surface area contributed by atoms with Crippen molar-refractivity contribution in [2.24, 2.45) is 0 Å². The minimum atomic E-state index is -0.701. The van der Waals surface area contributed by atoms with E-state index in [9.17, 15) is 9.18 Å². The monoisotopic (exact) mass is 211 g/mol. The Kier molecular flexibility index (Phi) is 2.55. The van der Waals surface area contributed by atoms with Crippen LogP contribution in [-0.2, 0) is 11.2 Å². The minimum Gasteiger partial charge on any atom is -0.480 e. The normalized spacial score (nSPS) is 18.9. The Morgan fingerprint density at radius 2 is 2.40 bits per heavy atom. The fourth-order valence-corrected chi connectivity index (χ4v) is 1.61. The largest absolute Gasteiger partial charge is 0.480 e. The molecule has 80 valence electrons. The highest BCUT2D eigenvalue weighted by Crippen LogP contribution is 2.28. The predicted molar refractivity (Wildman–Crippen MR) is 49.1 cm³/mol. The van der Waals surface area contributed by atoms with Crippen molar-refractivity contribution in [3.8, 4) is 5.75 Å². The number of hydroxylamine groups is 1. The van der Waals surface area contributed by atoms with E-state index in [4.69, 9.17) is 9.94 Å². The number of carbonyl (C=O) groups excluding carboxylic acids is 1. The quantitative estimate of drug-likeness (QED) is 0.538. The van der Waals surface area contributed by atoms with E-state index < -0.39 is 12.0 Å². The summed E-state index contributed by atoms with van der Waals surface area (Å²) in [5.41, 5.74) is 2.29. The minimum absolute atomic E-state index is 0.317. The first-order chi connectivity index (χ1) is 7.20. The summed E-state index contributed by atoms with van der Waals surface area (Å²) in [5.74, 6) is -0.399. The highest BCUT2D eigenvalue weighted by atomic mass is 19.1. The third-order valence-corrected chi connectivity index (χ3v) is 2.37. The number of amides is 1. The van der Waals surface area contributed by atoms with Gasteiger partial charge in [0.25, 0.3) is 5.91 Å². The number of benzene rings is 1. The van der Waals surface area contributed by atoms with E-state index in [2.05, 4.69) is 0 Å². The lowest BCUT2D eigenvalue weighted by Crippen LogP contribution is -2.38. The molecule has 2 rings (SSSR count). The van der Waals surface area contributed by atoms with Crippen molar-refractivity contribution in [2.45, 2.75) is 18.9 Å². The molecule has 1 heterocycles. The van der Waals surface area contributed by atoms with Gasteiger partial charge in [-0.25, -0.2) is 9.87 Å². The Hall–Kier alpha value is -1.62. The fourth-order valence-electron chi connectivity index (χ4n) is 1.61. The molecule has 1 unspecified atom stereocenters. The molecule has 0 radical (unpaired) electrons. The zero-order valence-electron chi connectivity index (χ0n) is 7.87. The number of halogens is 1. The van der Waals surface area contributed by atoms with Crippen LogP contribution in [0.3, 0.4) is 0 Å². The number of hydrogen-bond acceptors (Lipinski definition) is 3. The molecule has 1 aromatic rings. The Morgan fingerprint density at radius 1 is 1.60 bits per heavy atom. The standard InChI is InChI=1S/C10H10FNO3/c11-7-2-4-8-6(5-7)1-3-9(15-8)10(13)12-14/h2,4-5,9,14H,1,3H2,(H,12,13). The zero-order valence-corrected chi connectivity index (χ0v) is 7.87. The van der Waals surface area contributed by atoms with Gasteiger partial charge in [-0.15, -0.1) is 0 Å². The van der Waals surface area contributed by atoms with Gasteiger partial charge in [-0.3, -0.25) is 10.0 Å². The van der Waals surface area contributed by atoms with Gasteiger partial charge in [-0.1, -0.05) is 0 Å². The molecule has 0 spiro atoms. The van der Waals surface area contributed by atoms with Crippen molar-refractivity contribution >= 4 is 5.91 Å². The SMILES string of the molecule is O=C(NO)C1CCc2cc(F)ccc2O1. The highest BCUT2D eigenvalue weighted by molar-refractivity contribution is 5.80. The third kappa shape index (κ3) is 1.92. The summed E-state index contributed by atoms with van der Waals surface area (Å²) in [4.78, 5) is 11.1. The summed E-state index contributed by atoms with van der Waals surface area (Å²) >= 11 is 0. The number of hydrogen-bond donors (Lipinski definition) is 2. The van der Waals surface area contributed by atoms with E-state index in [0.29, 0.717) is 18.6 Å². The molecule has 1 aliphatic rings. The maximum absolute atomic E-state index is 12.8. The van der Waals surface area contributed by atoms with Crippen molar-refractivity contribution in [3.05, 3.63) is 29.6 Å². The topological polar surface area (TPSA) is 58.6 Å². The average molecular weight is 211 g/mol. The number of ether oxygens (including phenoxy) is 1. The van der Waals surface area contributed by atoms with Gasteiger partial charge in [0.2, 0.25) is 0 Å². The molecule has 0 aliphatic carbocycles. The molecule has 0 saturated heterocycles. The molecule has 15 heavy (non-hydrogen) atoms. The molecule has 1 aliphatic heterocycles. The van der Waals surface area contributed by atoms with E-state index in [1.165, 1.54) is 23.7 Å². The van der Waals surface area contributed by atoms with Gasteiger partial charge < -0.3 is 4.74 Å². The molecule has 1 amide bonds. The Bertz CT molecular complexity index is 394. The zero-order chi connectivity index (χ0) is 10.8. The van der Waals surface area contributed by atoms with Crippen LogP contribution in [0.4, 0.5) is 4.39 Å². The second-order valence-corrected chi connectivity index (χ2v) is 3.37. The lowest BCUT2D eigenvalue weighted by molar-refractivity contribution is -0.137. The van der Waals surface area contributed by atoms with Gasteiger partial charge in [0.15, 0.2) is 6.10 Å². The van der Waals surface area contributed by atoms with Gasteiger partial charge >= 0.3 is 0 Å². The third-order valence-electron chi connectivity index (χ3n) is 2.37. The van der Waals surface area contributed by atoms with Crippen LogP contribution < -0.4 is 10.2 Å². The summed E-state index contributed by atoms with van der Waals surface area (Å²) in [7, 11) is 0. The summed E-state index contributed by atoms with van der Waals surface area (Å²) in [6.07, 6.45) is 0.293. The first kappa shape index (κ1) is 9.92. The number of aryl methyl sites for hydroxylation is 1. The van der Waals surface area contributed by atoms with Crippen LogP contribution in [0.1, 0.15) is 12.0 Å².